The number of anilines is 2. The molecule has 0 saturated heterocycles. The monoisotopic (exact) mass is 554 g/mol. The Bertz CT molecular complexity index is 1420. The summed E-state index contributed by atoms with van der Waals surface area (Å²) >= 11 is 6.67. The fourth-order valence-corrected chi connectivity index (χ4v) is 4.59. The number of aromatic nitrogens is 1. The van der Waals surface area contributed by atoms with Crippen LogP contribution >= 0.6 is 23.6 Å². The molecule has 0 spiro atoms. The molecule has 2 aromatic carbocycles. The average Bonchev–Trinajstić information content (AvgIpc) is 3.56. The highest BCUT2D eigenvalue weighted by molar-refractivity contribution is 7.80. The Kier molecular flexibility index (Phi) is 8.77. The molecule has 198 valence electrons. The topological polar surface area (TPSA) is 124 Å². The van der Waals surface area contributed by atoms with Crippen LogP contribution in [0.2, 0.25) is 0 Å². The number of carbonyl (C=O) groups excluding carboxylic acids is 2. The van der Waals surface area contributed by atoms with Crippen LogP contribution in [-0.2, 0) is 0 Å². The Morgan fingerprint density at radius 3 is 2.29 bits per heavy atom. The number of furan rings is 1. The van der Waals surface area contributed by atoms with E-state index in [0.29, 0.717) is 59.0 Å². The molecule has 0 bridgehead atoms. The largest absolute Gasteiger partial charge is 0.490 e. The molecule has 0 atom stereocenters. The quantitative estimate of drug-likeness (QED) is 0.219. The number of thiocarbonyl (C=S) groups is 1. The molecule has 0 aliphatic carbocycles. The Labute approximate surface area is 228 Å². The first kappa shape index (κ1) is 26.9. The van der Waals surface area contributed by atoms with E-state index >= 15 is 0 Å². The molecule has 2 amide bonds. The fourth-order valence-electron chi connectivity index (χ4n) is 3.48. The van der Waals surface area contributed by atoms with Gasteiger partial charge in [0.15, 0.2) is 27.5 Å². The molecule has 0 radical (unpaired) electrons. The Balaban J connectivity index is 1.45. The Morgan fingerprint density at radius 2 is 1.66 bits per heavy atom. The predicted octanol–water partition coefficient (Wildman–Crippen LogP) is 5.46. The van der Waals surface area contributed by atoms with Crippen molar-refractivity contribution < 1.29 is 28.2 Å². The number of rotatable bonds is 10. The van der Waals surface area contributed by atoms with Gasteiger partial charge in [-0.2, -0.15) is 0 Å². The van der Waals surface area contributed by atoms with Crippen molar-refractivity contribution in [2.45, 2.75) is 20.8 Å². The number of nitrogens with zero attached hydrogens (tertiary/aromatic N) is 1. The first-order valence-corrected chi connectivity index (χ1v) is 13.1. The third-order valence-corrected chi connectivity index (χ3v) is 6.15. The first-order valence-electron chi connectivity index (χ1n) is 11.9. The number of fused-ring (bicyclic) bond motifs is 1. The average molecular weight is 555 g/mol. The van der Waals surface area contributed by atoms with Crippen molar-refractivity contribution in [1.82, 2.24) is 10.3 Å². The molecule has 10 nitrogen and oxygen atoms in total. The molecule has 0 aliphatic heterocycles. The van der Waals surface area contributed by atoms with Gasteiger partial charge in [0.25, 0.3) is 11.8 Å². The Morgan fingerprint density at radius 1 is 0.947 bits per heavy atom. The lowest BCUT2D eigenvalue weighted by atomic mass is 10.1. The van der Waals surface area contributed by atoms with E-state index in [1.165, 1.54) is 17.6 Å². The smallest absolute Gasteiger partial charge is 0.293 e. The fraction of sp³-hybridized carbons (Fsp3) is 0.231. The maximum absolute atomic E-state index is 13.0. The van der Waals surface area contributed by atoms with Crippen molar-refractivity contribution in [3.63, 3.8) is 0 Å². The highest BCUT2D eigenvalue weighted by Crippen LogP contribution is 2.39. The van der Waals surface area contributed by atoms with Gasteiger partial charge in [-0.05, 0) is 75.5 Å². The SMILES string of the molecule is CCOc1cc(C(=O)NC(=S)Nc2ccc3nc(NC(=O)c4ccco4)sc3c2)cc(OCC)c1OCC. The number of amides is 2. The van der Waals surface area contributed by atoms with Gasteiger partial charge in [-0.15, -0.1) is 0 Å². The molecular formula is C26H26N4O6S2. The second-order valence-electron chi connectivity index (χ2n) is 7.64. The van der Waals surface area contributed by atoms with Gasteiger partial charge in [-0.3, -0.25) is 20.2 Å². The van der Waals surface area contributed by atoms with E-state index in [-0.39, 0.29) is 16.8 Å². The van der Waals surface area contributed by atoms with Crippen molar-refractivity contribution in [2.75, 3.05) is 30.5 Å². The molecular weight excluding hydrogens is 528 g/mol. The Hall–Kier alpha value is -4.16. The van der Waals surface area contributed by atoms with E-state index in [1.54, 1.807) is 36.4 Å². The van der Waals surface area contributed by atoms with Crippen LogP contribution < -0.4 is 30.2 Å². The summed E-state index contributed by atoms with van der Waals surface area (Å²) in [5.41, 5.74) is 1.65. The van der Waals surface area contributed by atoms with Gasteiger partial charge in [0.05, 0.1) is 36.3 Å². The summed E-state index contributed by atoms with van der Waals surface area (Å²) in [6.45, 7) is 6.75. The zero-order valence-corrected chi connectivity index (χ0v) is 22.6. The van der Waals surface area contributed by atoms with Gasteiger partial charge in [-0.25, -0.2) is 4.98 Å². The number of ether oxygens (including phenoxy) is 3. The lowest BCUT2D eigenvalue weighted by molar-refractivity contribution is 0.0974. The van der Waals surface area contributed by atoms with Gasteiger partial charge >= 0.3 is 0 Å². The normalized spacial score (nSPS) is 10.6. The summed E-state index contributed by atoms with van der Waals surface area (Å²) in [5.74, 6) is 0.651. The number of hydrogen-bond acceptors (Lipinski definition) is 9. The van der Waals surface area contributed by atoms with Crippen LogP contribution in [0.15, 0.2) is 53.1 Å². The molecule has 4 aromatic rings. The van der Waals surface area contributed by atoms with Gasteiger partial charge in [0.2, 0.25) is 5.75 Å². The van der Waals surface area contributed by atoms with E-state index in [4.69, 9.17) is 30.8 Å². The minimum atomic E-state index is -0.436. The van der Waals surface area contributed by atoms with Crippen molar-refractivity contribution >= 4 is 61.5 Å². The number of carbonyl (C=O) groups is 2. The minimum absolute atomic E-state index is 0.106. The molecule has 2 aromatic heterocycles. The summed E-state index contributed by atoms with van der Waals surface area (Å²) in [6, 6.07) is 11.8. The molecule has 2 heterocycles. The van der Waals surface area contributed by atoms with Gasteiger partial charge in [0.1, 0.15) is 0 Å². The van der Waals surface area contributed by atoms with E-state index in [2.05, 4.69) is 20.9 Å². The van der Waals surface area contributed by atoms with Crippen LogP contribution in [0.4, 0.5) is 10.8 Å². The maximum atomic E-state index is 13.0. The zero-order chi connectivity index (χ0) is 27.1. The van der Waals surface area contributed by atoms with Crippen molar-refractivity contribution in [3.05, 3.63) is 60.1 Å². The lowest BCUT2D eigenvalue weighted by Gasteiger charge is -2.17. The summed E-state index contributed by atoms with van der Waals surface area (Å²) in [4.78, 5) is 29.6. The molecule has 4 rings (SSSR count). The van der Waals surface area contributed by atoms with Gasteiger partial charge < -0.3 is 23.9 Å². The second kappa shape index (κ2) is 12.4. The van der Waals surface area contributed by atoms with Gasteiger partial charge in [-0.1, -0.05) is 11.3 Å². The van der Waals surface area contributed by atoms with E-state index in [0.717, 1.165) is 4.70 Å². The molecule has 0 saturated carbocycles. The van der Waals surface area contributed by atoms with Crippen molar-refractivity contribution in [1.29, 1.82) is 0 Å². The summed E-state index contributed by atoms with van der Waals surface area (Å²) < 4.78 is 23.0. The molecule has 0 aliphatic rings. The van der Waals surface area contributed by atoms with Crippen molar-refractivity contribution in [2.24, 2.45) is 0 Å². The highest BCUT2D eigenvalue weighted by Gasteiger charge is 2.19. The molecule has 0 fully saturated rings. The predicted molar refractivity (Wildman–Crippen MR) is 150 cm³/mol. The van der Waals surface area contributed by atoms with Crippen LogP contribution in [0.5, 0.6) is 17.2 Å². The van der Waals surface area contributed by atoms with Crippen LogP contribution in [0.1, 0.15) is 41.7 Å². The van der Waals surface area contributed by atoms with E-state index in [1.807, 2.05) is 26.8 Å². The number of thiazole rings is 1. The highest BCUT2D eigenvalue weighted by atomic mass is 32.1. The number of hydrogen-bond donors (Lipinski definition) is 3. The lowest BCUT2D eigenvalue weighted by Crippen LogP contribution is -2.34. The summed E-state index contributed by atoms with van der Waals surface area (Å²) in [7, 11) is 0. The summed E-state index contributed by atoms with van der Waals surface area (Å²) in [6.07, 6.45) is 1.43. The van der Waals surface area contributed by atoms with Crippen molar-refractivity contribution in [3.8, 4) is 17.2 Å². The molecule has 38 heavy (non-hydrogen) atoms. The first-order chi connectivity index (χ1) is 18.4. The van der Waals surface area contributed by atoms with Crippen LogP contribution in [0.3, 0.4) is 0 Å². The zero-order valence-electron chi connectivity index (χ0n) is 21.0. The second-order valence-corrected chi connectivity index (χ2v) is 9.08. The number of nitrogens with one attached hydrogen (secondary N) is 3. The van der Waals surface area contributed by atoms with Gasteiger partial charge in [0, 0.05) is 11.3 Å². The minimum Gasteiger partial charge on any atom is -0.490 e. The number of benzene rings is 2. The van der Waals surface area contributed by atoms with Crippen LogP contribution in [0.25, 0.3) is 10.2 Å². The van der Waals surface area contributed by atoms with Crippen LogP contribution in [0, 0.1) is 0 Å². The van der Waals surface area contributed by atoms with E-state index in [9.17, 15) is 9.59 Å². The standard InChI is InChI=1S/C26H26N4O6S2/c1-4-33-19-12-15(13-20(34-5-2)22(19)35-6-3)23(31)29-25(37)27-16-9-10-17-21(14-16)38-26(28-17)30-24(32)18-8-7-11-36-18/h7-14H,4-6H2,1-3H3,(H,28,30,32)(H2,27,29,31,37). The molecule has 12 heteroatoms. The van der Waals surface area contributed by atoms with E-state index < -0.39 is 5.91 Å². The third kappa shape index (κ3) is 6.39. The maximum Gasteiger partial charge on any atom is 0.293 e. The molecule has 0 unspecified atom stereocenters. The third-order valence-electron chi connectivity index (χ3n) is 5.01. The molecule has 3 N–H and O–H groups in total. The van der Waals surface area contributed by atoms with Crippen LogP contribution in [-0.4, -0.2) is 41.7 Å². The summed E-state index contributed by atoms with van der Waals surface area (Å²) in [5, 5.41) is 8.94.